The Hall–Kier alpha value is -1.26. The van der Waals surface area contributed by atoms with Gasteiger partial charge in [0.2, 0.25) is 0 Å². The van der Waals surface area contributed by atoms with Gasteiger partial charge in [-0.15, -0.1) is 0 Å². The van der Waals surface area contributed by atoms with E-state index in [-0.39, 0.29) is 0 Å². The number of fused-ring (bicyclic) bond motifs is 1. The van der Waals surface area contributed by atoms with Crippen molar-refractivity contribution in [2.24, 2.45) is 0 Å². The first-order valence-electron chi connectivity index (χ1n) is 5.43. The van der Waals surface area contributed by atoms with Crippen molar-refractivity contribution in [2.45, 2.75) is 0 Å². The number of aromatic nitrogens is 2. The Bertz CT molecular complexity index is 502. The lowest BCUT2D eigenvalue weighted by molar-refractivity contribution is 0.590. The molecule has 0 unspecified atom stereocenters. The molecule has 1 saturated heterocycles. The number of piperazine rings is 1. The van der Waals surface area contributed by atoms with Crippen molar-refractivity contribution in [2.75, 3.05) is 31.1 Å². The summed E-state index contributed by atoms with van der Waals surface area (Å²) in [7, 11) is 0. The Labute approximate surface area is 98.6 Å². The van der Waals surface area contributed by atoms with E-state index in [0.717, 1.165) is 47.9 Å². The zero-order valence-corrected chi connectivity index (χ0v) is 9.59. The van der Waals surface area contributed by atoms with E-state index >= 15 is 0 Å². The highest BCUT2D eigenvalue weighted by molar-refractivity contribution is 6.35. The number of hydrogen-bond acceptors (Lipinski definition) is 3. The van der Waals surface area contributed by atoms with Crippen LogP contribution in [0.4, 0.5) is 5.69 Å². The van der Waals surface area contributed by atoms with E-state index in [1.54, 1.807) is 6.20 Å². The third-order valence-corrected chi connectivity index (χ3v) is 3.27. The SMILES string of the molecule is Clc1ccnc2c(N3CCNCC3)c[nH]c12. The maximum absolute atomic E-state index is 6.11. The van der Waals surface area contributed by atoms with E-state index in [9.17, 15) is 0 Å². The van der Waals surface area contributed by atoms with Gasteiger partial charge in [-0.1, -0.05) is 11.6 Å². The van der Waals surface area contributed by atoms with Crippen LogP contribution >= 0.6 is 11.6 Å². The number of nitrogens with zero attached hydrogens (tertiary/aromatic N) is 2. The molecule has 0 atom stereocenters. The molecule has 0 aliphatic carbocycles. The lowest BCUT2D eigenvalue weighted by Gasteiger charge is -2.28. The molecule has 84 valence electrons. The van der Waals surface area contributed by atoms with Crippen LogP contribution in [0.1, 0.15) is 0 Å². The first-order chi connectivity index (χ1) is 7.86. The fourth-order valence-corrected chi connectivity index (χ4v) is 2.33. The largest absolute Gasteiger partial charge is 0.366 e. The van der Waals surface area contributed by atoms with E-state index in [1.807, 2.05) is 12.3 Å². The quantitative estimate of drug-likeness (QED) is 0.791. The molecule has 0 spiro atoms. The van der Waals surface area contributed by atoms with E-state index in [0.29, 0.717) is 0 Å². The van der Waals surface area contributed by atoms with Gasteiger partial charge in [-0.05, 0) is 6.07 Å². The molecular weight excluding hydrogens is 224 g/mol. The predicted molar refractivity (Wildman–Crippen MR) is 66.2 cm³/mol. The van der Waals surface area contributed by atoms with Gasteiger partial charge < -0.3 is 15.2 Å². The molecule has 5 heteroatoms. The monoisotopic (exact) mass is 236 g/mol. The van der Waals surface area contributed by atoms with Gasteiger partial charge in [-0.25, -0.2) is 0 Å². The second-order valence-corrected chi connectivity index (χ2v) is 4.33. The van der Waals surface area contributed by atoms with Crippen molar-refractivity contribution >= 4 is 28.3 Å². The molecule has 4 nitrogen and oxygen atoms in total. The molecule has 0 aromatic carbocycles. The van der Waals surface area contributed by atoms with Crippen molar-refractivity contribution in [3.8, 4) is 0 Å². The summed E-state index contributed by atoms with van der Waals surface area (Å²) in [4.78, 5) is 9.93. The van der Waals surface area contributed by atoms with Crippen LogP contribution in [-0.4, -0.2) is 36.1 Å². The minimum Gasteiger partial charge on any atom is -0.366 e. The number of H-pyrrole nitrogens is 1. The number of aromatic amines is 1. The van der Waals surface area contributed by atoms with Crippen LogP contribution in [0.5, 0.6) is 0 Å². The van der Waals surface area contributed by atoms with Crippen LogP contribution in [0, 0.1) is 0 Å². The second-order valence-electron chi connectivity index (χ2n) is 3.93. The maximum atomic E-state index is 6.11. The van der Waals surface area contributed by atoms with Gasteiger partial charge in [0.15, 0.2) is 0 Å². The zero-order chi connectivity index (χ0) is 11.0. The van der Waals surface area contributed by atoms with Crippen molar-refractivity contribution in [1.29, 1.82) is 0 Å². The van der Waals surface area contributed by atoms with Crippen LogP contribution < -0.4 is 10.2 Å². The second kappa shape index (κ2) is 3.96. The zero-order valence-electron chi connectivity index (χ0n) is 8.83. The molecule has 16 heavy (non-hydrogen) atoms. The normalized spacial score (nSPS) is 16.9. The molecule has 0 saturated carbocycles. The summed E-state index contributed by atoms with van der Waals surface area (Å²) in [6.07, 6.45) is 3.75. The topological polar surface area (TPSA) is 44.0 Å². The number of pyridine rings is 1. The van der Waals surface area contributed by atoms with Crippen molar-refractivity contribution in [3.05, 3.63) is 23.5 Å². The first kappa shape index (κ1) is 9.93. The summed E-state index contributed by atoms with van der Waals surface area (Å²) in [6.45, 7) is 4.07. The highest BCUT2D eigenvalue weighted by Crippen LogP contribution is 2.29. The summed E-state index contributed by atoms with van der Waals surface area (Å²) < 4.78 is 0. The molecule has 1 fully saturated rings. The number of halogens is 1. The number of anilines is 1. The first-order valence-corrected chi connectivity index (χ1v) is 5.81. The van der Waals surface area contributed by atoms with Gasteiger partial charge in [-0.3, -0.25) is 4.98 Å². The van der Waals surface area contributed by atoms with Crippen LogP contribution in [0.3, 0.4) is 0 Å². The molecule has 1 aliphatic rings. The van der Waals surface area contributed by atoms with Crippen molar-refractivity contribution in [3.63, 3.8) is 0 Å². The standard InChI is InChI=1S/C11H13ClN4/c12-8-1-2-14-11-9(7-15-10(8)11)16-5-3-13-4-6-16/h1-2,7,13,15H,3-6H2. The third kappa shape index (κ3) is 1.54. The molecular formula is C11H13ClN4. The van der Waals surface area contributed by atoms with E-state index in [1.165, 1.54) is 0 Å². The minimum atomic E-state index is 0.728. The molecule has 1 aliphatic heterocycles. The molecule has 2 N–H and O–H groups in total. The van der Waals surface area contributed by atoms with E-state index < -0.39 is 0 Å². The summed E-state index contributed by atoms with van der Waals surface area (Å²) in [6, 6.07) is 1.81. The van der Waals surface area contributed by atoms with Crippen LogP contribution in [0.15, 0.2) is 18.5 Å². The molecule has 3 rings (SSSR count). The van der Waals surface area contributed by atoms with Gasteiger partial charge in [0.25, 0.3) is 0 Å². The summed E-state index contributed by atoms with van der Waals surface area (Å²) in [5.41, 5.74) is 3.05. The van der Waals surface area contributed by atoms with Gasteiger partial charge in [0.05, 0.1) is 16.2 Å². The van der Waals surface area contributed by atoms with Crippen LogP contribution in [0.25, 0.3) is 11.0 Å². The average Bonchev–Trinajstić information content (AvgIpc) is 2.75. The smallest absolute Gasteiger partial charge is 0.113 e. The van der Waals surface area contributed by atoms with E-state index in [2.05, 4.69) is 20.2 Å². The fraction of sp³-hybridized carbons (Fsp3) is 0.364. The highest BCUT2D eigenvalue weighted by Gasteiger charge is 2.16. The fourth-order valence-electron chi connectivity index (χ4n) is 2.13. The van der Waals surface area contributed by atoms with E-state index in [4.69, 9.17) is 11.6 Å². The molecule has 3 heterocycles. The van der Waals surface area contributed by atoms with Gasteiger partial charge in [0.1, 0.15) is 5.52 Å². The molecule has 0 amide bonds. The molecule has 0 radical (unpaired) electrons. The van der Waals surface area contributed by atoms with Gasteiger partial charge in [-0.2, -0.15) is 0 Å². The Morgan fingerprint density at radius 3 is 2.94 bits per heavy atom. The molecule has 2 aromatic rings. The average molecular weight is 237 g/mol. The summed E-state index contributed by atoms with van der Waals surface area (Å²) in [5, 5.41) is 4.07. The maximum Gasteiger partial charge on any atom is 0.113 e. The Kier molecular flexibility index (Phi) is 2.46. The third-order valence-electron chi connectivity index (χ3n) is 2.95. The summed E-state index contributed by atoms with van der Waals surface area (Å²) >= 11 is 6.11. The molecule has 2 aromatic heterocycles. The van der Waals surface area contributed by atoms with Crippen LogP contribution in [-0.2, 0) is 0 Å². The lowest BCUT2D eigenvalue weighted by Crippen LogP contribution is -2.43. The Morgan fingerprint density at radius 1 is 1.31 bits per heavy atom. The van der Waals surface area contributed by atoms with Gasteiger partial charge >= 0.3 is 0 Å². The molecule has 0 bridgehead atoms. The summed E-state index contributed by atoms with van der Waals surface area (Å²) in [5.74, 6) is 0. The van der Waals surface area contributed by atoms with Gasteiger partial charge in [0, 0.05) is 38.6 Å². The number of hydrogen-bond donors (Lipinski definition) is 2. The van der Waals surface area contributed by atoms with Crippen molar-refractivity contribution in [1.82, 2.24) is 15.3 Å². The predicted octanol–water partition coefficient (Wildman–Crippen LogP) is 1.63. The Morgan fingerprint density at radius 2 is 2.12 bits per heavy atom. The highest BCUT2D eigenvalue weighted by atomic mass is 35.5. The lowest BCUT2D eigenvalue weighted by atomic mass is 10.3. The number of nitrogens with one attached hydrogen (secondary N) is 2. The van der Waals surface area contributed by atoms with Crippen LogP contribution in [0.2, 0.25) is 5.02 Å². The van der Waals surface area contributed by atoms with Crippen molar-refractivity contribution < 1.29 is 0 Å². The number of rotatable bonds is 1. The Balaban J connectivity index is 2.06. The minimum absolute atomic E-state index is 0.728.